The lowest BCUT2D eigenvalue weighted by Crippen LogP contribution is -2.46. The van der Waals surface area contributed by atoms with Gasteiger partial charge < -0.3 is 25.2 Å². The number of carbonyl (C=O) groups excluding carboxylic acids is 1. The third-order valence-corrected chi connectivity index (χ3v) is 3.40. The number of esters is 1. The second-order valence-electron chi connectivity index (χ2n) is 5.86. The maximum absolute atomic E-state index is 11.9. The van der Waals surface area contributed by atoms with Gasteiger partial charge in [0.1, 0.15) is 5.92 Å². The Labute approximate surface area is 132 Å². The fourth-order valence-electron chi connectivity index (χ4n) is 2.17. The molecule has 0 fully saturated rings. The van der Waals surface area contributed by atoms with Gasteiger partial charge in [0.25, 0.3) is 0 Å². The zero-order valence-corrected chi connectivity index (χ0v) is 13.3. The van der Waals surface area contributed by atoms with Crippen molar-refractivity contribution in [3.05, 3.63) is 0 Å². The predicted molar refractivity (Wildman–Crippen MR) is 75.5 cm³/mol. The summed E-state index contributed by atoms with van der Waals surface area (Å²) in [7, 11) is 0. The van der Waals surface area contributed by atoms with Gasteiger partial charge in [0.15, 0.2) is 6.10 Å². The first-order chi connectivity index (χ1) is 10.4. The Balaban J connectivity index is 5.37. The molecule has 0 aromatic carbocycles. The molecular formula is C14H22O9. The zero-order chi connectivity index (χ0) is 18.5. The number of ether oxygens (including phenoxy) is 1. The SMILES string of the molecule is CC(C)C(C(=O)O)C(O)C(=O)OC(C(=O)O)C(C(=O)O)C(C)C. The molecule has 4 unspecified atom stereocenters. The molecule has 0 spiro atoms. The molecule has 0 rings (SSSR count). The Kier molecular flexibility index (Phi) is 7.67. The first-order valence-electron chi connectivity index (χ1n) is 6.98. The summed E-state index contributed by atoms with van der Waals surface area (Å²) < 4.78 is 4.61. The minimum atomic E-state index is -2.10. The molecule has 4 atom stereocenters. The molecule has 0 bridgehead atoms. The number of aliphatic carboxylic acids is 3. The molecule has 4 N–H and O–H groups in total. The number of hydrogen-bond acceptors (Lipinski definition) is 6. The van der Waals surface area contributed by atoms with Crippen LogP contribution in [0.25, 0.3) is 0 Å². The summed E-state index contributed by atoms with van der Waals surface area (Å²) in [6.07, 6.45) is -4.13. The van der Waals surface area contributed by atoms with E-state index in [0.717, 1.165) is 0 Å². The van der Waals surface area contributed by atoms with Gasteiger partial charge in [-0.25, -0.2) is 9.59 Å². The molecule has 0 radical (unpaired) electrons. The fraction of sp³-hybridized carbons (Fsp3) is 0.714. The molecule has 132 valence electrons. The van der Waals surface area contributed by atoms with E-state index in [2.05, 4.69) is 4.74 Å². The average Bonchev–Trinajstić information content (AvgIpc) is 2.35. The third kappa shape index (κ3) is 5.51. The first-order valence-corrected chi connectivity index (χ1v) is 6.98. The highest BCUT2D eigenvalue weighted by molar-refractivity contribution is 5.87. The minimum absolute atomic E-state index is 0.626. The van der Waals surface area contributed by atoms with Crippen LogP contribution in [0.1, 0.15) is 27.7 Å². The van der Waals surface area contributed by atoms with Crippen LogP contribution in [0.2, 0.25) is 0 Å². The van der Waals surface area contributed by atoms with Crippen molar-refractivity contribution < 1.29 is 44.3 Å². The molecule has 0 aliphatic rings. The number of aliphatic hydroxyl groups excluding tert-OH is 1. The third-order valence-electron chi connectivity index (χ3n) is 3.40. The molecule has 0 saturated heterocycles. The highest BCUT2D eigenvalue weighted by Gasteiger charge is 2.43. The molecule has 0 heterocycles. The largest absolute Gasteiger partial charge is 0.481 e. The van der Waals surface area contributed by atoms with Crippen molar-refractivity contribution in [3.63, 3.8) is 0 Å². The first kappa shape index (κ1) is 20.8. The normalized spacial score (nSPS) is 16.5. The van der Waals surface area contributed by atoms with Crippen LogP contribution < -0.4 is 0 Å². The molecule has 0 aliphatic carbocycles. The Morgan fingerprint density at radius 2 is 1.13 bits per heavy atom. The van der Waals surface area contributed by atoms with Gasteiger partial charge in [-0.2, -0.15) is 0 Å². The number of carbonyl (C=O) groups is 4. The van der Waals surface area contributed by atoms with Gasteiger partial charge in [-0.1, -0.05) is 27.7 Å². The molecule has 0 aromatic rings. The smallest absolute Gasteiger partial charge is 0.345 e. The number of carboxylic acid groups (broad SMARTS) is 3. The summed E-state index contributed by atoms with van der Waals surface area (Å²) in [4.78, 5) is 45.3. The van der Waals surface area contributed by atoms with Crippen LogP contribution in [-0.4, -0.2) is 56.5 Å². The van der Waals surface area contributed by atoms with E-state index < -0.39 is 59.8 Å². The fourth-order valence-corrected chi connectivity index (χ4v) is 2.17. The standard InChI is InChI=1S/C14H22O9/c1-5(2)7(11(16)17)9(15)14(22)23-10(13(20)21)8(6(3)4)12(18)19/h5-10,15H,1-4H3,(H,16,17)(H,18,19)(H,20,21). The summed E-state index contributed by atoms with van der Waals surface area (Å²) in [5.74, 6) is -10.4. The van der Waals surface area contributed by atoms with Gasteiger partial charge in [0, 0.05) is 0 Å². The summed E-state index contributed by atoms with van der Waals surface area (Å²) in [5.41, 5.74) is 0. The van der Waals surface area contributed by atoms with Gasteiger partial charge in [0.05, 0.1) is 5.92 Å². The van der Waals surface area contributed by atoms with Crippen LogP contribution in [0, 0.1) is 23.7 Å². The van der Waals surface area contributed by atoms with Crippen LogP contribution in [0.15, 0.2) is 0 Å². The van der Waals surface area contributed by atoms with Gasteiger partial charge >= 0.3 is 23.9 Å². The number of aliphatic hydroxyl groups is 1. The van der Waals surface area contributed by atoms with E-state index in [1.807, 2.05) is 0 Å². The molecule has 0 aromatic heterocycles. The quantitative estimate of drug-likeness (QED) is 0.427. The van der Waals surface area contributed by atoms with E-state index in [9.17, 15) is 24.3 Å². The van der Waals surface area contributed by atoms with Gasteiger partial charge in [-0.05, 0) is 11.8 Å². The van der Waals surface area contributed by atoms with Crippen LogP contribution >= 0.6 is 0 Å². The maximum atomic E-state index is 11.9. The highest BCUT2D eigenvalue weighted by Crippen LogP contribution is 2.22. The van der Waals surface area contributed by atoms with E-state index in [1.165, 1.54) is 27.7 Å². The minimum Gasteiger partial charge on any atom is -0.481 e. The van der Waals surface area contributed by atoms with Crippen LogP contribution in [0.4, 0.5) is 0 Å². The van der Waals surface area contributed by atoms with Crippen molar-refractivity contribution in [2.24, 2.45) is 23.7 Å². The summed E-state index contributed by atoms with van der Waals surface area (Å²) >= 11 is 0. The van der Waals surface area contributed by atoms with Crippen molar-refractivity contribution >= 4 is 23.9 Å². The van der Waals surface area contributed by atoms with E-state index >= 15 is 0 Å². The molecule has 0 amide bonds. The number of rotatable bonds is 9. The maximum Gasteiger partial charge on any atom is 0.345 e. The summed E-state index contributed by atoms with van der Waals surface area (Å²) in [5, 5.41) is 37.0. The molecule has 9 heteroatoms. The van der Waals surface area contributed by atoms with E-state index in [4.69, 9.17) is 15.3 Å². The molecular weight excluding hydrogens is 312 g/mol. The molecule has 9 nitrogen and oxygen atoms in total. The predicted octanol–water partition coefficient (Wildman–Crippen LogP) is 0.0573. The zero-order valence-electron chi connectivity index (χ0n) is 13.3. The van der Waals surface area contributed by atoms with Gasteiger partial charge in [0.2, 0.25) is 6.10 Å². The van der Waals surface area contributed by atoms with Crippen LogP contribution in [0.3, 0.4) is 0 Å². The monoisotopic (exact) mass is 334 g/mol. The van der Waals surface area contributed by atoms with Crippen molar-refractivity contribution in [1.29, 1.82) is 0 Å². The van der Waals surface area contributed by atoms with Crippen molar-refractivity contribution in [2.75, 3.05) is 0 Å². The van der Waals surface area contributed by atoms with Crippen molar-refractivity contribution in [1.82, 2.24) is 0 Å². The lowest BCUT2D eigenvalue weighted by Gasteiger charge is -2.26. The van der Waals surface area contributed by atoms with E-state index in [1.54, 1.807) is 0 Å². The van der Waals surface area contributed by atoms with Gasteiger partial charge in [-0.15, -0.1) is 0 Å². The lowest BCUT2D eigenvalue weighted by atomic mass is 9.89. The van der Waals surface area contributed by atoms with Crippen LogP contribution in [0.5, 0.6) is 0 Å². The number of hydrogen-bond donors (Lipinski definition) is 4. The highest BCUT2D eigenvalue weighted by atomic mass is 16.6. The van der Waals surface area contributed by atoms with Crippen LogP contribution in [-0.2, 0) is 23.9 Å². The van der Waals surface area contributed by atoms with E-state index in [0.29, 0.717) is 0 Å². The second kappa shape index (κ2) is 8.47. The Morgan fingerprint density at radius 3 is 1.39 bits per heavy atom. The topological polar surface area (TPSA) is 158 Å². The van der Waals surface area contributed by atoms with Crippen molar-refractivity contribution in [2.45, 2.75) is 39.9 Å². The second-order valence-corrected chi connectivity index (χ2v) is 5.86. The molecule has 23 heavy (non-hydrogen) atoms. The molecule has 0 aliphatic heterocycles. The Bertz CT molecular complexity index is 469. The van der Waals surface area contributed by atoms with Gasteiger partial charge in [-0.3, -0.25) is 9.59 Å². The summed E-state index contributed by atoms with van der Waals surface area (Å²) in [6, 6.07) is 0. The Morgan fingerprint density at radius 1 is 0.739 bits per heavy atom. The lowest BCUT2D eigenvalue weighted by molar-refractivity contribution is -0.183. The Hall–Kier alpha value is -2.16. The van der Waals surface area contributed by atoms with E-state index in [-0.39, 0.29) is 0 Å². The summed E-state index contributed by atoms with van der Waals surface area (Å²) in [6.45, 7) is 5.79. The average molecular weight is 334 g/mol. The number of carboxylic acids is 3. The molecule has 0 saturated carbocycles. The van der Waals surface area contributed by atoms with Crippen molar-refractivity contribution in [3.8, 4) is 0 Å².